The van der Waals surface area contributed by atoms with Gasteiger partial charge in [-0.05, 0) is 44.0 Å². The molecule has 0 radical (unpaired) electrons. The number of esters is 1. The smallest absolute Gasteiger partial charge is 0.309 e. The number of benzene rings is 1. The van der Waals surface area contributed by atoms with E-state index in [9.17, 15) is 19.2 Å². The standard InChI is InChI=1S/C21H28BrN3O5/c1-3-30-21(29)16-9-12-25(13-10-16)19(27)14-24(2)18(26)8-11-23-20(28)15-4-6-17(22)7-5-15/h4-7,16H,3,8-14H2,1-2H3,(H,23,28). The van der Waals surface area contributed by atoms with E-state index in [0.717, 1.165) is 4.47 Å². The first-order chi connectivity index (χ1) is 14.3. The van der Waals surface area contributed by atoms with Crippen LogP contribution in [0.5, 0.6) is 0 Å². The van der Waals surface area contributed by atoms with Crippen molar-refractivity contribution in [2.45, 2.75) is 26.2 Å². The van der Waals surface area contributed by atoms with Gasteiger partial charge in [-0.2, -0.15) is 0 Å². The van der Waals surface area contributed by atoms with E-state index in [0.29, 0.717) is 38.1 Å². The van der Waals surface area contributed by atoms with Crippen molar-refractivity contribution >= 4 is 39.6 Å². The SMILES string of the molecule is CCOC(=O)C1CCN(C(=O)CN(C)C(=O)CCNC(=O)c2ccc(Br)cc2)CC1. The molecular formula is C21H28BrN3O5. The van der Waals surface area contributed by atoms with Gasteiger partial charge in [0.25, 0.3) is 5.91 Å². The lowest BCUT2D eigenvalue weighted by molar-refractivity contribution is -0.151. The zero-order valence-electron chi connectivity index (χ0n) is 17.4. The van der Waals surface area contributed by atoms with Gasteiger partial charge in [0.05, 0.1) is 19.1 Å². The molecule has 1 aliphatic rings. The van der Waals surface area contributed by atoms with E-state index in [1.807, 2.05) is 0 Å². The van der Waals surface area contributed by atoms with Gasteiger partial charge >= 0.3 is 5.97 Å². The van der Waals surface area contributed by atoms with E-state index in [1.54, 1.807) is 43.1 Å². The van der Waals surface area contributed by atoms with Crippen molar-refractivity contribution in [3.63, 3.8) is 0 Å². The highest BCUT2D eigenvalue weighted by atomic mass is 79.9. The Hall–Kier alpha value is -2.42. The molecule has 1 fully saturated rings. The van der Waals surface area contributed by atoms with Crippen molar-refractivity contribution in [1.82, 2.24) is 15.1 Å². The van der Waals surface area contributed by atoms with Crippen LogP contribution in [0.2, 0.25) is 0 Å². The van der Waals surface area contributed by atoms with Crippen LogP contribution < -0.4 is 5.32 Å². The highest BCUT2D eigenvalue weighted by molar-refractivity contribution is 9.10. The average Bonchev–Trinajstić information content (AvgIpc) is 2.74. The summed E-state index contributed by atoms with van der Waals surface area (Å²) in [6.45, 7) is 3.26. The third-order valence-corrected chi connectivity index (χ3v) is 5.53. The number of rotatable bonds is 8. The monoisotopic (exact) mass is 481 g/mol. The van der Waals surface area contributed by atoms with Crippen molar-refractivity contribution in [2.24, 2.45) is 5.92 Å². The first-order valence-electron chi connectivity index (χ1n) is 10.0. The molecule has 164 valence electrons. The molecule has 0 aliphatic carbocycles. The summed E-state index contributed by atoms with van der Waals surface area (Å²) in [6, 6.07) is 6.93. The number of nitrogens with one attached hydrogen (secondary N) is 1. The first-order valence-corrected chi connectivity index (χ1v) is 10.8. The van der Waals surface area contributed by atoms with E-state index in [4.69, 9.17) is 4.74 Å². The second kappa shape index (κ2) is 11.7. The quantitative estimate of drug-likeness (QED) is 0.571. The van der Waals surface area contributed by atoms with Gasteiger partial charge in [-0.1, -0.05) is 15.9 Å². The van der Waals surface area contributed by atoms with Crippen LogP contribution in [0.3, 0.4) is 0 Å². The summed E-state index contributed by atoms with van der Waals surface area (Å²) in [5.74, 6) is -0.990. The Morgan fingerprint density at radius 3 is 2.40 bits per heavy atom. The van der Waals surface area contributed by atoms with Gasteiger partial charge in [-0.3, -0.25) is 19.2 Å². The van der Waals surface area contributed by atoms with Crippen molar-refractivity contribution in [3.05, 3.63) is 34.3 Å². The Balaban J connectivity index is 1.69. The van der Waals surface area contributed by atoms with Crippen LogP contribution in [0.25, 0.3) is 0 Å². The van der Waals surface area contributed by atoms with Crippen molar-refractivity contribution in [3.8, 4) is 0 Å². The number of piperidine rings is 1. The number of carbonyl (C=O) groups excluding carboxylic acids is 4. The number of hydrogen-bond acceptors (Lipinski definition) is 5. The lowest BCUT2D eigenvalue weighted by atomic mass is 9.97. The fourth-order valence-corrected chi connectivity index (χ4v) is 3.46. The Morgan fingerprint density at radius 2 is 1.80 bits per heavy atom. The predicted octanol–water partition coefficient (Wildman–Crippen LogP) is 1.83. The Morgan fingerprint density at radius 1 is 1.17 bits per heavy atom. The summed E-state index contributed by atoms with van der Waals surface area (Å²) in [4.78, 5) is 51.6. The summed E-state index contributed by atoms with van der Waals surface area (Å²) in [6.07, 6.45) is 1.26. The number of halogens is 1. The molecule has 1 aliphatic heterocycles. The van der Waals surface area contributed by atoms with E-state index in [-0.39, 0.29) is 49.1 Å². The zero-order valence-corrected chi connectivity index (χ0v) is 18.9. The lowest BCUT2D eigenvalue weighted by Crippen LogP contribution is -2.46. The molecule has 8 nitrogen and oxygen atoms in total. The van der Waals surface area contributed by atoms with Crippen LogP contribution in [0, 0.1) is 5.92 Å². The van der Waals surface area contributed by atoms with E-state index >= 15 is 0 Å². The van der Waals surface area contributed by atoms with Crippen LogP contribution in [-0.4, -0.2) is 73.3 Å². The number of nitrogens with zero attached hydrogens (tertiary/aromatic N) is 2. The van der Waals surface area contributed by atoms with Gasteiger partial charge in [-0.15, -0.1) is 0 Å². The lowest BCUT2D eigenvalue weighted by Gasteiger charge is -2.32. The maximum atomic E-state index is 12.5. The zero-order chi connectivity index (χ0) is 22.1. The second-order valence-electron chi connectivity index (χ2n) is 7.17. The average molecular weight is 482 g/mol. The minimum atomic E-state index is -0.251. The molecule has 0 saturated carbocycles. The molecule has 0 unspecified atom stereocenters. The molecule has 0 atom stereocenters. The maximum absolute atomic E-state index is 12.5. The fraction of sp³-hybridized carbons (Fsp3) is 0.524. The Labute approximate surface area is 185 Å². The van der Waals surface area contributed by atoms with Crippen molar-refractivity contribution in [2.75, 3.05) is 39.8 Å². The van der Waals surface area contributed by atoms with Gasteiger partial charge in [0.15, 0.2) is 0 Å². The molecule has 0 aromatic heterocycles. The Kier molecular flexibility index (Phi) is 9.29. The van der Waals surface area contributed by atoms with E-state index < -0.39 is 0 Å². The van der Waals surface area contributed by atoms with Crippen LogP contribution in [0.4, 0.5) is 0 Å². The highest BCUT2D eigenvalue weighted by Gasteiger charge is 2.28. The molecule has 0 bridgehead atoms. The van der Waals surface area contributed by atoms with Gasteiger partial charge < -0.3 is 19.9 Å². The summed E-state index contributed by atoms with van der Waals surface area (Å²) in [5, 5.41) is 2.71. The second-order valence-corrected chi connectivity index (χ2v) is 8.09. The molecule has 1 N–H and O–H groups in total. The molecular weight excluding hydrogens is 454 g/mol. The summed E-state index contributed by atoms with van der Waals surface area (Å²) in [5.41, 5.74) is 0.514. The van der Waals surface area contributed by atoms with Gasteiger partial charge in [0.2, 0.25) is 11.8 Å². The molecule has 2 rings (SSSR count). The summed E-state index contributed by atoms with van der Waals surface area (Å²) < 4.78 is 5.91. The van der Waals surface area contributed by atoms with Crippen molar-refractivity contribution < 1.29 is 23.9 Å². The van der Waals surface area contributed by atoms with Crippen LogP contribution >= 0.6 is 15.9 Å². The minimum absolute atomic E-state index is 0.0242. The number of ether oxygens (including phenoxy) is 1. The van der Waals surface area contributed by atoms with E-state index in [1.165, 1.54) is 4.90 Å². The third-order valence-electron chi connectivity index (χ3n) is 5.00. The molecule has 9 heteroatoms. The molecule has 30 heavy (non-hydrogen) atoms. The summed E-state index contributed by atoms with van der Waals surface area (Å²) in [7, 11) is 1.57. The maximum Gasteiger partial charge on any atom is 0.309 e. The number of carbonyl (C=O) groups is 4. The topological polar surface area (TPSA) is 96.0 Å². The van der Waals surface area contributed by atoms with Gasteiger partial charge in [0, 0.05) is 43.1 Å². The predicted molar refractivity (Wildman–Crippen MR) is 115 cm³/mol. The Bertz CT molecular complexity index is 760. The number of hydrogen-bond donors (Lipinski definition) is 1. The molecule has 3 amide bonds. The minimum Gasteiger partial charge on any atom is -0.466 e. The fourth-order valence-electron chi connectivity index (χ4n) is 3.19. The number of likely N-dealkylation sites (tertiary alicyclic amines) is 1. The summed E-state index contributed by atoms with van der Waals surface area (Å²) >= 11 is 3.31. The third kappa shape index (κ3) is 7.12. The van der Waals surface area contributed by atoms with Crippen LogP contribution in [0.15, 0.2) is 28.7 Å². The van der Waals surface area contributed by atoms with Gasteiger partial charge in [0.1, 0.15) is 0 Å². The van der Waals surface area contributed by atoms with Crippen LogP contribution in [-0.2, 0) is 19.1 Å². The van der Waals surface area contributed by atoms with Crippen LogP contribution in [0.1, 0.15) is 36.5 Å². The highest BCUT2D eigenvalue weighted by Crippen LogP contribution is 2.19. The number of likely N-dealkylation sites (N-methyl/N-ethyl adjacent to an activating group) is 1. The molecule has 1 heterocycles. The molecule has 1 aromatic rings. The largest absolute Gasteiger partial charge is 0.466 e. The molecule has 1 saturated heterocycles. The first kappa shape index (κ1) is 23.9. The normalized spacial score (nSPS) is 14.2. The molecule has 1 aromatic carbocycles. The number of amides is 3. The van der Waals surface area contributed by atoms with Crippen molar-refractivity contribution in [1.29, 1.82) is 0 Å². The molecule has 0 spiro atoms. The van der Waals surface area contributed by atoms with Gasteiger partial charge in [-0.25, -0.2) is 0 Å². The van der Waals surface area contributed by atoms with E-state index in [2.05, 4.69) is 21.2 Å².